The van der Waals surface area contributed by atoms with Gasteiger partial charge in [-0.2, -0.15) is 5.10 Å². The summed E-state index contributed by atoms with van der Waals surface area (Å²) in [5.41, 5.74) is 1.46. The van der Waals surface area contributed by atoms with Crippen LogP contribution < -0.4 is 5.32 Å². The molecule has 0 bridgehead atoms. The Kier molecular flexibility index (Phi) is 4.63. The quantitative estimate of drug-likeness (QED) is 0.881. The van der Waals surface area contributed by atoms with Gasteiger partial charge in [-0.15, -0.1) is 0 Å². The first-order valence-corrected chi connectivity index (χ1v) is 9.69. The Morgan fingerprint density at radius 3 is 2.85 bits per heavy atom. The Morgan fingerprint density at radius 2 is 2.07 bits per heavy atom. The second-order valence-corrected chi connectivity index (χ2v) is 8.24. The lowest BCUT2D eigenvalue weighted by atomic mass is 9.91. The molecule has 1 unspecified atom stereocenters. The highest BCUT2D eigenvalue weighted by Crippen LogP contribution is 2.39. The van der Waals surface area contributed by atoms with E-state index in [0.717, 1.165) is 50.5 Å². The summed E-state index contributed by atoms with van der Waals surface area (Å²) in [6.07, 6.45) is 5.40. The normalized spacial score (nSPS) is 22.6. The number of carbonyl (C=O) groups is 1. The molecular weight excluding hydrogens is 340 g/mol. The van der Waals surface area contributed by atoms with Gasteiger partial charge >= 0.3 is 0 Å². The zero-order chi connectivity index (χ0) is 19.0. The first-order valence-electron chi connectivity index (χ1n) is 9.69. The smallest absolute Gasteiger partial charge is 0.259 e. The van der Waals surface area contributed by atoms with E-state index in [4.69, 9.17) is 0 Å². The van der Waals surface area contributed by atoms with E-state index in [-0.39, 0.29) is 17.5 Å². The summed E-state index contributed by atoms with van der Waals surface area (Å²) in [4.78, 5) is 22.0. The average molecular weight is 368 g/mol. The number of carbonyl (C=O) groups excluding carboxylic acids is 1. The fourth-order valence-electron chi connectivity index (χ4n) is 4.09. The summed E-state index contributed by atoms with van der Waals surface area (Å²) in [6, 6.07) is 6.02. The molecule has 0 aromatic carbocycles. The van der Waals surface area contributed by atoms with E-state index in [9.17, 15) is 4.79 Å². The van der Waals surface area contributed by atoms with Crippen LogP contribution in [0.3, 0.4) is 0 Å². The molecule has 0 radical (unpaired) electrons. The topological polar surface area (TPSA) is 66.3 Å². The molecular formula is C20H28N6O. The lowest BCUT2D eigenvalue weighted by Crippen LogP contribution is -2.39. The number of nitrogens with zero attached hydrogens (tertiary/aromatic N) is 5. The third kappa shape index (κ3) is 3.43. The fraction of sp³-hybridized carbons (Fsp3) is 0.550. The zero-order valence-corrected chi connectivity index (χ0v) is 16.4. The van der Waals surface area contributed by atoms with Crippen molar-refractivity contribution in [3.8, 4) is 0 Å². The molecule has 2 aliphatic heterocycles. The molecule has 4 heterocycles. The number of pyridine rings is 1. The van der Waals surface area contributed by atoms with Crippen LogP contribution >= 0.6 is 0 Å². The van der Waals surface area contributed by atoms with Crippen molar-refractivity contribution >= 4 is 11.7 Å². The minimum absolute atomic E-state index is 0.0622. The molecule has 7 heteroatoms. The van der Waals surface area contributed by atoms with Crippen LogP contribution in [0, 0.1) is 0 Å². The van der Waals surface area contributed by atoms with Gasteiger partial charge in [-0.3, -0.25) is 9.78 Å². The van der Waals surface area contributed by atoms with E-state index in [1.165, 1.54) is 0 Å². The monoisotopic (exact) mass is 368 g/mol. The highest BCUT2D eigenvalue weighted by molar-refractivity contribution is 5.99. The van der Waals surface area contributed by atoms with Gasteiger partial charge in [0.2, 0.25) is 0 Å². The predicted octanol–water partition coefficient (Wildman–Crippen LogP) is 2.35. The average Bonchev–Trinajstić information content (AvgIpc) is 2.97. The maximum absolute atomic E-state index is 13.2. The number of amides is 1. The lowest BCUT2D eigenvalue weighted by molar-refractivity contribution is 0.0763. The van der Waals surface area contributed by atoms with Crippen molar-refractivity contribution in [2.24, 2.45) is 0 Å². The molecule has 1 saturated heterocycles. The van der Waals surface area contributed by atoms with Crippen LogP contribution in [0.4, 0.5) is 5.82 Å². The largest absolute Gasteiger partial charge is 0.361 e. The second kappa shape index (κ2) is 6.96. The number of fused-ring (bicyclic) bond motifs is 1. The van der Waals surface area contributed by atoms with E-state index in [1.54, 1.807) is 6.20 Å². The summed E-state index contributed by atoms with van der Waals surface area (Å²) in [7, 11) is 2.11. The number of aromatic nitrogens is 3. The molecule has 1 amide bonds. The van der Waals surface area contributed by atoms with Crippen molar-refractivity contribution in [3.05, 3.63) is 41.9 Å². The molecule has 1 N–H and O–H groups in total. The van der Waals surface area contributed by atoms with Gasteiger partial charge in [0.25, 0.3) is 5.91 Å². The third-order valence-corrected chi connectivity index (χ3v) is 5.64. The van der Waals surface area contributed by atoms with Crippen LogP contribution in [0.2, 0.25) is 0 Å². The maximum atomic E-state index is 13.2. The van der Waals surface area contributed by atoms with Crippen molar-refractivity contribution in [2.45, 2.75) is 38.3 Å². The van der Waals surface area contributed by atoms with Gasteiger partial charge in [0, 0.05) is 25.8 Å². The summed E-state index contributed by atoms with van der Waals surface area (Å²) in [5, 5.41) is 8.11. The molecule has 1 atom stereocenters. The molecule has 1 fully saturated rings. The highest BCUT2D eigenvalue weighted by Gasteiger charge is 2.37. The highest BCUT2D eigenvalue weighted by atomic mass is 16.2. The predicted molar refractivity (Wildman–Crippen MR) is 105 cm³/mol. The minimum Gasteiger partial charge on any atom is -0.361 e. The Labute approximate surface area is 160 Å². The van der Waals surface area contributed by atoms with Gasteiger partial charge in [0.05, 0.1) is 23.5 Å². The molecule has 0 aliphatic carbocycles. The number of nitrogens with one attached hydrogen (secondary N) is 1. The molecule has 27 heavy (non-hydrogen) atoms. The summed E-state index contributed by atoms with van der Waals surface area (Å²) < 4.78 is 1.96. The number of hydrogen-bond acceptors (Lipinski definition) is 5. The maximum Gasteiger partial charge on any atom is 0.259 e. The van der Waals surface area contributed by atoms with Crippen LogP contribution in [0.1, 0.15) is 48.8 Å². The van der Waals surface area contributed by atoms with Crippen LogP contribution in [0.15, 0.2) is 30.6 Å². The molecule has 0 saturated carbocycles. The van der Waals surface area contributed by atoms with E-state index < -0.39 is 0 Å². The molecule has 7 nitrogen and oxygen atoms in total. The SMILES string of the molecule is CN1CCCN(C(=O)c2cnn3c2NC(c2ccccn2)CC3(C)C)CC1. The van der Waals surface area contributed by atoms with Crippen LogP contribution in [0.25, 0.3) is 0 Å². The molecule has 2 aliphatic rings. The molecule has 2 aromatic rings. The second-order valence-electron chi connectivity index (χ2n) is 8.24. The van der Waals surface area contributed by atoms with Gasteiger partial charge in [-0.05, 0) is 52.4 Å². The van der Waals surface area contributed by atoms with Gasteiger partial charge in [0.1, 0.15) is 11.4 Å². The standard InChI is InChI=1S/C20H28N6O/c1-20(2)13-17(16-7-4-5-8-21-16)23-18-15(14-22-26(18)20)19(27)25-10-6-9-24(3)11-12-25/h4-5,7-8,14,17,23H,6,9-13H2,1-3H3. The number of anilines is 1. The van der Waals surface area contributed by atoms with Crippen LogP contribution in [0.5, 0.6) is 0 Å². The Balaban J connectivity index is 1.64. The van der Waals surface area contributed by atoms with Gasteiger partial charge in [-0.25, -0.2) is 4.68 Å². The van der Waals surface area contributed by atoms with Crippen molar-refractivity contribution in [3.63, 3.8) is 0 Å². The van der Waals surface area contributed by atoms with Gasteiger partial charge in [-0.1, -0.05) is 6.07 Å². The lowest BCUT2D eigenvalue weighted by Gasteiger charge is -2.38. The van der Waals surface area contributed by atoms with E-state index >= 15 is 0 Å². The summed E-state index contributed by atoms with van der Waals surface area (Å²) in [6.45, 7) is 7.81. The van der Waals surface area contributed by atoms with Crippen molar-refractivity contribution in [1.29, 1.82) is 0 Å². The Hall–Kier alpha value is -2.41. The first kappa shape index (κ1) is 18.0. The first-order chi connectivity index (χ1) is 13.0. The van der Waals surface area contributed by atoms with E-state index in [1.807, 2.05) is 34.0 Å². The molecule has 0 spiro atoms. The van der Waals surface area contributed by atoms with E-state index in [2.05, 4.69) is 41.2 Å². The summed E-state index contributed by atoms with van der Waals surface area (Å²) >= 11 is 0. The number of rotatable bonds is 2. The van der Waals surface area contributed by atoms with Crippen LogP contribution in [-0.4, -0.2) is 63.7 Å². The minimum atomic E-state index is -0.194. The van der Waals surface area contributed by atoms with Gasteiger partial charge in [0.15, 0.2) is 0 Å². The third-order valence-electron chi connectivity index (χ3n) is 5.64. The Morgan fingerprint density at radius 1 is 1.22 bits per heavy atom. The summed E-state index contributed by atoms with van der Waals surface area (Å²) in [5.74, 6) is 0.876. The van der Waals surface area contributed by atoms with Crippen molar-refractivity contribution in [1.82, 2.24) is 24.6 Å². The Bertz CT molecular complexity index is 815. The van der Waals surface area contributed by atoms with Crippen molar-refractivity contribution < 1.29 is 4.79 Å². The number of hydrogen-bond donors (Lipinski definition) is 1. The fourth-order valence-corrected chi connectivity index (χ4v) is 4.09. The molecule has 2 aromatic heterocycles. The number of likely N-dealkylation sites (N-methyl/N-ethyl adjacent to an activating group) is 1. The zero-order valence-electron chi connectivity index (χ0n) is 16.4. The van der Waals surface area contributed by atoms with Crippen molar-refractivity contribution in [2.75, 3.05) is 38.5 Å². The molecule has 144 valence electrons. The van der Waals surface area contributed by atoms with E-state index in [0.29, 0.717) is 5.56 Å². The van der Waals surface area contributed by atoms with Crippen LogP contribution in [-0.2, 0) is 5.54 Å². The van der Waals surface area contributed by atoms with Gasteiger partial charge < -0.3 is 15.1 Å². The molecule has 4 rings (SSSR count).